The zero-order chi connectivity index (χ0) is 15.9. The van der Waals surface area contributed by atoms with Crippen LogP contribution in [0.1, 0.15) is 13.8 Å². The molecule has 1 aromatic carbocycles. The highest BCUT2D eigenvalue weighted by Gasteiger charge is 2.21. The van der Waals surface area contributed by atoms with Gasteiger partial charge in [0.25, 0.3) is 0 Å². The molecule has 1 rings (SSSR count). The van der Waals surface area contributed by atoms with Crippen molar-refractivity contribution in [2.75, 3.05) is 26.2 Å². The minimum atomic E-state index is -3.48. The van der Waals surface area contributed by atoms with Crippen molar-refractivity contribution >= 4 is 22.4 Å². The molecule has 126 valence electrons. The van der Waals surface area contributed by atoms with Crippen LogP contribution in [0.4, 0.5) is 4.39 Å². The minimum absolute atomic E-state index is 0. The number of nitrogens with two attached hydrogens (primary N) is 1. The molecule has 22 heavy (non-hydrogen) atoms. The summed E-state index contributed by atoms with van der Waals surface area (Å²) in [4.78, 5) is 0.191. The average molecular weight is 353 g/mol. The van der Waals surface area contributed by atoms with Crippen molar-refractivity contribution < 1.29 is 17.5 Å². The van der Waals surface area contributed by atoms with Gasteiger partial charge in [-0.3, -0.25) is 0 Å². The van der Waals surface area contributed by atoms with Gasteiger partial charge in [-0.15, -0.1) is 12.4 Å². The number of benzene rings is 1. The van der Waals surface area contributed by atoms with Gasteiger partial charge in [-0.1, -0.05) is 13.8 Å². The topological polar surface area (TPSA) is 72.6 Å². The largest absolute Gasteiger partial charge is 0.487 e. The zero-order valence-electron chi connectivity index (χ0n) is 12.7. The highest BCUT2D eigenvalue weighted by atomic mass is 35.5. The third-order valence-electron chi connectivity index (χ3n) is 2.88. The molecule has 0 amide bonds. The Kier molecular flexibility index (Phi) is 9.27. The number of rotatable bonds is 8. The lowest BCUT2D eigenvalue weighted by Crippen LogP contribution is -2.30. The summed E-state index contributed by atoms with van der Waals surface area (Å²) in [5.41, 5.74) is 5.18. The van der Waals surface area contributed by atoms with Crippen LogP contribution in [0.5, 0.6) is 5.75 Å². The molecule has 0 aliphatic carbocycles. The van der Waals surface area contributed by atoms with Crippen LogP contribution in [0.25, 0.3) is 0 Å². The molecule has 0 atom stereocenters. The van der Waals surface area contributed by atoms with E-state index in [0.29, 0.717) is 18.8 Å². The van der Waals surface area contributed by atoms with Crippen molar-refractivity contribution in [3.63, 3.8) is 0 Å². The Labute approximate surface area is 137 Å². The Hall–Kier alpha value is -1.15. The Morgan fingerprint density at radius 3 is 2.27 bits per heavy atom. The second-order valence-corrected chi connectivity index (χ2v) is 6.17. The molecule has 0 heterocycles. The molecule has 0 radical (unpaired) electrons. The molecular formula is C14H22ClFN2O3S. The van der Waals surface area contributed by atoms with Gasteiger partial charge in [0.2, 0.25) is 10.0 Å². The van der Waals surface area contributed by atoms with Crippen molar-refractivity contribution in [3.8, 4) is 5.75 Å². The maximum atomic E-state index is 13.1. The van der Waals surface area contributed by atoms with E-state index in [0.717, 1.165) is 0 Å². The quantitative estimate of drug-likeness (QED) is 0.779. The van der Waals surface area contributed by atoms with Gasteiger partial charge in [-0.05, 0) is 30.3 Å². The van der Waals surface area contributed by atoms with Gasteiger partial charge in [0.05, 0.1) is 4.90 Å². The maximum absolute atomic E-state index is 13.1. The predicted octanol–water partition coefficient (Wildman–Crippen LogP) is 2.33. The first-order valence-electron chi connectivity index (χ1n) is 6.73. The van der Waals surface area contributed by atoms with Gasteiger partial charge >= 0.3 is 0 Å². The van der Waals surface area contributed by atoms with Crippen molar-refractivity contribution in [1.29, 1.82) is 0 Å². The number of ether oxygens (including phenoxy) is 1. The van der Waals surface area contributed by atoms with Gasteiger partial charge in [-0.2, -0.15) is 4.31 Å². The summed E-state index contributed by atoms with van der Waals surface area (Å²) in [6.07, 6.45) is 1.22. The summed E-state index contributed by atoms with van der Waals surface area (Å²) < 4.78 is 44.2. The molecule has 0 saturated carbocycles. The molecule has 8 heteroatoms. The van der Waals surface area contributed by atoms with E-state index in [1.807, 2.05) is 0 Å². The number of hydrogen-bond acceptors (Lipinski definition) is 4. The lowest BCUT2D eigenvalue weighted by molar-refractivity contribution is 0.318. The molecule has 0 fully saturated rings. The van der Waals surface area contributed by atoms with E-state index < -0.39 is 15.9 Å². The predicted molar refractivity (Wildman–Crippen MR) is 87.5 cm³/mol. The average Bonchev–Trinajstić information content (AvgIpc) is 2.47. The second kappa shape index (κ2) is 9.78. The lowest BCUT2D eigenvalue weighted by atomic mass is 10.3. The number of hydrogen-bond donors (Lipinski definition) is 1. The normalized spacial score (nSPS) is 12.1. The molecule has 1 aromatic rings. The first kappa shape index (κ1) is 20.9. The number of nitrogens with zero attached hydrogens (tertiary/aromatic N) is 1. The van der Waals surface area contributed by atoms with Crippen LogP contribution >= 0.6 is 12.4 Å². The fraction of sp³-hybridized carbons (Fsp3) is 0.429. The van der Waals surface area contributed by atoms with E-state index in [-0.39, 0.29) is 30.5 Å². The van der Waals surface area contributed by atoms with Crippen molar-refractivity contribution in [3.05, 3.63) is 36.2 Å². The van der Waals surface area contributed by atoms with Gasteiger partial charge in [0.15, 0.2) is 0 Å². The van der Waals surface area contributed by atoms with Crippen LogP contribution in [-0.4, -0.2) is 39.0 Å². The van der Waals surface area contributed by atoms with Crippen LogP contribution in [0.3, 0.4) is 0 Å². The number of sulfonamides is 1. The minimum Gasteiger partial charge on any atom is -0.487 e. The van der Waals surface area contributed by atoms with Gasteiger partial charge < -0.3 is 10.5 Å². The Morgan fingerprint density at radius 2 is 1.82 bits per heavy atom. The van der Waals surface area contributed by atoms with Crippen LogP contribution in [0, 0.1) is 0 Å². The summed E-state index contributed by atoms with van der Waals surface area (Å²) in [6, 6.07) is 5.92. The summed E-state index contributed by atoms with van der Waals surface area (Å²) in [5.74, 6) is -0.0635. The fourth-order valence-electron chi connectivity index (χ4n) is 1.76. The summed E-state index contributed by atoms with van der Waals surface area (Å²) in [7, 11) is -3.48. The van der Waals surface area contributed by atoms with Crippen molar-refractivity contribution in [1.82, 2.24) is 4.31 Å². The maximum Gasteiger partial charge on any atom is 0.243 e. The van der Waals surface area contributed by atoms with Crippen LogP contribution in [-0.2, 0) is 10.0 Å². The molecule has 0 aliphatic rings. The van der Waals surface area contributed by atoms with E-state index in [9.17, 15) is 12.8 Å². The summed E-state index contributed by atoms with van der Waals surface area (Å²) in [5, 5.41) is 0. The van der Waals surface area contributed by atoms with Gasteiger partial charge in [0.1, 0.15) is 18.2 Å². The number of halogens is 2. The highest BCUT2D eigenvalue weighted by Crippen LogP contribution is 2.19. The third kappa shape index (κ3) is 5.57. The van der Waals surface area contributed by atoms with E-state index in [1.54, 1.807) is 13.8 Å². The summed E-state index contributed by atoms with van der Waals surface area (Å²) in [6.45, 7) is 4.27. The molecule has 0 bridgehead atoms. The monoisotopic (exact) mass is 352 g/mol. The van der Waals surface area contributed by atoms with Gasteiger partial charge in [0, 0.05) is 19.6 Å². The molecule has 5 nitrogen and oxygen atoms in total. The zero-order valence-corrected chi connectivity index (χ0v) is 14.3. The molecule has 0 aliphatic heterocycles. The molecular weight excluding hydrogens is 331 g/mol. The molecule has 2 N–H and O–H groups in total. The van der Waals surface area contributed by atoms with E-state index >= 15 is 0 Å². The van der Waals surface area contributed by atoms with Crippen molar-refractivity contribution in [2.24, 2.45) is 5.73 Å². The van der Waals surface area contributed by atoms with Gasteiger partial charge in [-0.25, -0.2) is 12.8 Å². The highest BCUT2D eigenvalue weighted by molar-refractivity contribution is 7.89. The molecule has 0 saturated heterocycles. The SMILES string of the molecule is CCN(CC)S(=O)(=O)c1ccc(OC/C(F)=C\CN)cc1.Cl. The molecule has 0 spiro atoms. The van der Waals surface area contributed by atoms with Crippen molar-refractivity contribution in [2.45, 2.75) is 18.7 Å². The first-order chi connectivity index (χ1) is 9.95. The summed E-state index contributed by atoms with van der Waals surface area (Å²) >= 11 is 0. The molecule has 0 unspecified atom stereocenters. The van der Waals surface area contributed by atoms with Crippen LogP contribution < -0.4 is 10.5 Å². The fourth-order valence-corrected chi connectivity index (χ4v) is 3.22. The van der Waals surface area contributed by atoms with E-state index in [1.165, 1.54) is 34.6 Å². The Bertz CT molecular complexity index is 572. The molecule has 0 aromatic heterocycles. The first-order valence-corrected chi connectivity index (χ1v) is 8.17. The standard InChI is InChI=1S/C14H21FN2O3S.ClH/c1-3-17(4-2)21(18,19)14-7-5-13(6-8-14)20-11-12(15)9-10-16;/h5-9H,3-4,10-11,16H2,1-2H3;1H/b12-9+;. The van der Waals surface area contributed by atoms with Crippen LogP contribution in [0.15, 0.2) is 41.1 Å². The Balaban J connectivity index is 0.00000441. The van der Waals surface area contributed by atoms with E-state index in [4.69, 9.17) is 10.5 Å². The Morgan fingerprint density at radius 1 is 1.27 bits per heavy atom. The van der Waals surface area contributed by atoms with Crippen LogP contribution in [0.2, 0.25) is 0 Å². The van der Waals surface area contributed by atoms with E-state index in [2.05, 4.69) is 0 Å². The lowest BCUT2D eigenvalue weighted by Gasteiger charge is -2.18. The smallest absolute Gasteiger partial charge is 0.243 e. The third-order valence-corrected chi connectivity index (χ3v) is 4.95. The second-order valence-electron chi connectivity index (χ2n) is 4.24.